The van der Waals surface area contributed by atoms with Crippen molar-refractivity contribution in [3.8, 4) is 11.5 Å². The van der Waals surface area contributed by atoms with E-state index in [-0.39, 0.29) is 5.46 Å². The van der Waals surface area contributed by atoms with Gasteiger partial charge in [-0.15, -0.1) is 0 Å². The molecule has 0 saturated carbocycles. The van der Waals surface area contributed by atoms with Crippen LogP contribution in [0.25, 0.3) is 0 Å². The Kier molecular flexibility index (Phi) is 2.54. The molecule has 0 amide bonds. The normalized spacial score (nSPS) is 13.9. The Morgan fingerprint density at radius 1 is 1.21 bits per heavy atom. The Bertz CT molecular complexity index is 355. The minimum Gasteiger partial charge on any atom is -0.487 e. The average Bonchev–Trinajstić information content (AvgIpc) is 2.16. The molecule has 0 bridgehead atoms. The van der Waals surface area contributed by atoms with E-state index in [1.54, 1.807) is 6.07 Å². The van der Waals surface area contributed by atoms with Gasteiger partial charge < -0.3 is 19.5 Å². The molecule has 0 fully saturated rings. The van der Waals surface area contributed by atoms with Crippen molar-refractivity contribution in [3.63, 3.8) is 0 Å². The van der Waals surface area contributed by atoms with Crippen LogP contribution in [-0.4, -0.2) is 30.4 Å². The quantitative estimate of drug-likeness (QED) is 0.635. The van der Waals surface area contributed by atoms with Crippen LogP contribution in [-0.2, 0) is 0 Å². The first-order chi connectivity index (χ1) is 6.68. The van der Waals surface area contributed by atoms with E-state index in [0.29, 0.717) is 29.7 Å². The lowest BCUT2D eigenvalue weighted by atomic mass is 9.79. The van der Waals surface area contributed by atoms with Crippen LogP contribution in [0.5, 0.6) is 11.5 Å². The minimum atomic E-state index is -1.61. The smallest absolute Gasteiger partial charge is 0.487 e. The van der Waals surface area contributed by atoms with E-state index in [0.717, 1.165) is 0 Å². The molecule has 1 aliphatic heterocycles. The average molecular weight is 214 g/mol. The molecule has 1 aromatic rings. The first-order valence-electron chi connectivity index (χ1n) is 4.13. The second-order valence-corrected chi connectivity index (χ2v) is 3.33. The van der Waals surface area contributed by atoms with E-state index >= 15 is 0 Å². The van der Waals surface area contributed by atoms with Crippen molar-refractivity contribution in [2.24, 2.45) is 0 Å². The third-order valence-corrected chi connectivity index (χ3v) is 2.13. The van der Waals surface area contributed by atoms with Crippen LogP contribution in [0.4, 0.5) is 0 Å². The fourth-order valence-corrected chi connectivity index (χ4v) is 1.55. The molecular weight excluding hydrogens is 206 g/mol. The van der Waals surface area contributed by atoms with Crippen LogP contribution >= 0.6 is 11.6 Å². The third kappa shape index (κ3) is 1.66. The second kappa shape index (κ2) is 3.69. The van der Waals surface area contributed by atoms with E-state index in [2.05, 4.69) is 0 Å². The van der Waals surface area contributed by atoms with Crippen LogP contribution in [0.15, 0.2) is 12.1 Å². The Labute approximate surface area is 86.2 Å². The fourth-order valence-electron chi connectivity index (χ4n) is 1.34. The monoisotopic (exact) mass is 214 g/mol. The summed E-state index contributed by atoms with van der Waals surface area (Å²) in [4.78, 5) is 0. The Balaban J connectivity index is 2.52. The molecule has 2 rings (SSSR count). The standard InChI is InChI=1S/C8H8BClO4/c10-5-3-6(9(11)12)8-7(4-5)13-1-2-14-8/h3-4,11-12H,1-2H2. The third-order valence-electron chi connectivity index (χ3n) is 1.91. The van der Waals surface area contributed by atoms with Crippen LogP contribution in [0.1, 0.15) is 0 Å². The van der Waals surface area contributed by atoms with Crippen molar-refractivity contribution >= 4 is 24.2 Å². The molecule has 1 heterocycles. The van der Waals surface area contributed by atoms with E-state index < -0.39 is 7.12 Å². The molecular formula is C8H8BClO4. The highest BCUT2D eigenvalue weighted by Crippen LogP contribution is 2.30. The maximum absolute atomic E-state index is 9.07. The van der Waals surface area contributed by atoms with Crippen molar-refractivity contribution in [1.82, 2.24) is 0 Å². The van der Waals surface area contributed by atoms with Crippen LogP contribution in [0.3, 0.4) is 0 Å². The fraction of sp³-hybridized carbons (Fsp3) is 0.250. The molecule has 4 nitrogen and oxygen atoms in total. The molecule has 6 heteroatoms. The molecule has 1 aliphatic rings. The summed E-state index contributed by atoms with van der Waals surface area (Å²) >= 11 is 5.77. The zero-order valence-electron chi connectivity index (χ0n) is 7.24. The summed E-state index contributed by atoms with van der Waals surface area (Å²) in [6, 6.07) is 3.03. The van der Waals surface area contributed by atoms with Gasteiger partial charge >= 0.3 is 7.12 Å². The lowest BCUT2D eigenvalue weighted by Gasteiger charge is -2.21. The van der Waals surface area contributed by atoms with E-state index in [9.17, 15) is 0 Å². The van der Waals surface area contributed by atoms with E-state index in [4.69, 9.17) is 31.1 Å². The zero-order chi connectivity index (χ0) is 10.1. The van der Waals surface area contributed by atoms with Crippen molar-refractivity contribution < 1.29 is 19.5 Å². The second-order valence-electron chi connectivity index (χ2n) is 2.89. The number of rotatable bonds is 1. The van der Waals surface area contributed by atoms with Gasteiger partial charge in [-0.1, -0.05) is 11.6 Å². The highest BCUT2D eigenvalue weighted by atomic mass is 35.5. The maximum Gasteiger partial charge on any atom is 0.492 e. The molecule has 0 spiro atoms. The van der Waals surface area contributed by atoms with Gasteiger partial charge in [0.25, 0.3) is 0 Å². The summed E-state index contributed by atoms with van der Waals surface area (Å²) in [6.07, 6.45) is 0. The number of ether oxygens (including phenoxy) is 2. The molecule has 0 aromatic heterocycles. The van der Waals surface area contributed by atoms with Gasteiger partial charge in [0.15, 0.2) is 11.5 Å². The number of hydrogen-bond donors (Lipinski definition) is 2. The lowest BCUT2D eigenvalue weighted by molar-refractivity contribution is 0.172. The number of halogens is 1. The van der Waals surface area contributed by atoms with Gasteiger partial charge in [0.1, 0.15) is 13.2 Å². The Morgan fingerprint density at radius 2 is 1.93 bits per heavy atom. The summed E-state index contributed by atoms with van der Waals surface area (Å²) in [7, 11) is -1.61. The molecule has 74 valence electrons. The predicted octanol–water partition coefficient (Wildman–Crippen LogP) is -0.209. The van der Waals surface area contributed by atoms with Crippen LogP contribution in [0, 0.1) is 0 Å². The summed E-state index contributed by atoms with van der Waals surface area (Å²) in [5.74, 6) is 0.808. The topological polar surface area (TPSA) is 58.9 Å². The molecule has 2 N–H and O–H groups in total. The van der Waals surface area contributed by atoms with E-state index in [1.165, 1.54) is 6.07 Å². The van der Waals surface area contributed by atoms with Crippen molar-refractivity contribution in [1.29, 1.82) is 0 Å². The highest BCUT2D eigenvalue weighted by molar-refractivity contribution is 6.60. The molecule has 0 aliphatic carbocycles. The van der Waals surface area contributed by atoms with Crippen molar-refractivity contribution in [3.05, 3.63) is 17.2 Å². The molecule has 0 saturated heterocycles. The van der Waals surface area contributed by atoms with Gasteiger partial charge in [0.2, 0.25) is 0 Å². The zero-order valence-corrected chi connectivity index (χ0v) is 7.99. The minimum absolute atomic E-state index is 0.229. The van der Waals surface area contributed by atoms with Gasteiger partial charge in [0, 0.05) is 16.6 Å². The highest BCUT2D eigenvalue weighted by Gasteiger charge is 2.24. The van der Waals surface area contributed by atoms with Gasteiger partial charge in [0.05, 0.1) is 0 Å². The van der Waals surface area contributed by atoms with Gasteiger partial charge in [-0.05, 0) is 6.07 Å². The van der Waals surface area contributed by atoms with Gasteiger partial charge in [-0.2, -0.15) is 0 Å². The summed E-state index contributed by atoms with van der Waals surface area (Å²) in [5.41, 5.74) is 0.229. The lowest BCUT2D eigenvalue weighted by Crippen LogP contribution is -2.33. The van der Waals surface area contributed by atoms with Gasteiger partial charge in [-0.3, -0.25) is 0 Å². The summed E-state index contributed by atoms with van der Waals surface area (Å²) in [6.45, 7) is 0.836. The molecule has 1 aromatic carbocycles. The SMILES string of the molecule is OB(O)c1cc(Cl)cc2c1OCCO2. The van der Waals surface area contributed by atoms with Crippen LogP contribution < -0.4 is 14.9 Å². The summed E-state index contributed by atoms with van der Waals surface area (Å²) < 4.78 is 10.5. The maximum atomic E-state index is 9.07. The molecule has 0 unspecified atom stereocenters. The first-order valence-corrected chi connectivity index (χ1v) is 4.51. The number of hydrogen-bond acceptors (Lipinski definition) is 4. The van der Waals surface area contributed by atoms with Gasteiger partial charge in [-0.25, -0.2) is 0 Å². The Morgan fingerprint density at radius 3 is 2.64 bits per heavy atom. The summed E-state index contributed by atoms with van der Waals surface area (Å²) in [5, 5.41) is 18.5. The number of fused-ring (bicyclic) bond motifs is 1. The predicted molar refractivity (Wildman–Crippen MR) is 52.3 cm³/mol. The molecule has 14 heavy (non-hydrogen) atoms. The van der Waals surface area contributed by atoms with Crippen molar-refractivity contribution in [2.45, 2.75) is 0 Å². The molecule has 0 radical (unpaired) electrons. The largest absolute Gasteiger partial charge is 0.492 e. The van der Waals surface area contributed by atoms with Crippen molar-refractivity contribution in [2.75, 3.05) is 13.2 Å². The molecule has 0 atom stereocenters. The van der Waals surface area contributed by atoms with E-state index in [1.807, 2.05) is 0 Å². The number of benzene rings is 1. The van der Waals surface area contributed by atoms with Crippen LogP contribution in [0.2, 0.25) is 5.02 Å². The Hall–Kier alpha value is -0.905. The first kappa shape index (κ1) is 9.64.